The summed E-state index contributed by atoms with van der Waals surface area (Å²) in [6, 6.07) is 12.1. The second kappa shape index (κ2) is 8.67. The third-order valence-corrected chi connectivity index (χ3v) is 6.66. The van der Waals surface area contributed by atoms with Gasteiger partial charge in [-0.15, -0.1) is 0 Å². The van der Waals surface area contributed by atoms with Crippen LogP contribution in [-0.2, 0) is 10.0 Å². The van der Waals surface area contributed by atoms with E-state index in [-0.39, 0.29) is 22.0 Å². The van der Waals surface area contributed by atoms with E-state index >= 15 is 0 Å². The first kappa shape index (κ1) is 20.2. The predicted octanol–water partition coefficient (Wildman–Crippen LogP) is 3.67. The lowest BCUT2D eigenvalue weighted by Crippen LogP contribution is -2.31. The van der Waals surface area contributed by atoms with Crippen LogP contribution in [0.5, 0.6) is 5.75 Å². The van der Waals surface area contributed by atoms with E-state index in [1.165, 1.54) is 41.6 Å². The molecule has 0 amide bonds. The first-order valence-corrected chi connectivity index (χ1v) is 10.8. The Balaban J connectivity index is 1.73. The van der Waals surface area contributed by atoms with Crippen molar-refractivity contribution >= 4 is 21.8 Å². The molecular weight excluding hydrogens is 378 g/mol. The van der Waals surface area contributed by atoms with Crippen molar-refractivity contribution in [3.63, 3.8) is 0 Å². The highest BCUT2D eigenvalue weighted by Gasteiger charge is 2.25. The fraction of sp³-hybridized carbons (Fsp3) is 0.333. The van der Waals surface area contributed by atoms with Crippen molar-refractivity contribution in [3.8, 4) is 5.75 Å². The van der Waals surface area contributed by atoms with Crippen LogP contribution in [0.3, 0.4) is 0 Å². The summed E-state index contributed by atoms with van der Waals surface area (Å²) in [6.07, 6.45) is 3.81. The molecule has 1 aliphatic heterocycles. The van der Waals surface area contributed by atoms with Crippen LogP contribution in [0.25, 0.3) is 0 Å². The zero-order valence-electron chi connectivity index (χ0n) is 15.8. The number of carbonyl (C=O) groups excluding carboxylic acids is 2. The minimum Gasteiger partial charge on any atom is -0.423 e. The van der Waals surface area contributed by atoms with E-state index in [1.54, 1.807) is 18.2 Å². The summed E-state index contributed by atoms with van der Waals surface area (Å²) in [5.41, 5.74) is 0.687. The van der Waals surface area contributed by atoms with Crippen LogP contribution in [0.15, 0.2) is 53.4 Å². The number of hydrogen-bond donors (Lipinski definition) is 0. The van der Waals surface area contributed by atoms with Crippen molar-refractivity contribution in [1.82, 2.24) is 4.31 Å². The highest BCUT2D eigenvalue weighted by molar-refractivity contribution is 7.89. The number of hydrogen-bond acceptors (Lipinski definition) is 5. The lowest BCUT2D eigenvalue weighted by molar-refractivity contribution is 0.0733. The van der Waals surface area contributed by atoms with Crippen LogP contribution < -0.4 is 4.74 Å². The molecule has 148 valence electrons. The van der Waals surface area contributed by atoms with Crippen molar-refractivity contribution < 1.29 is 22.7 Å². The highest BCUT2D eigenvalue weighted by Crippen LogP contribution is 2.21. The number of benzene rings is 2. The molecule has 1 aliphatic rings. The average Bonchev–Trinajstić information content (AvgIpc) is 2.98. The molecule has 0 spiro atoms. The van der Waals surface area contributed by atoms with Gasteiger partial charge in [0.2, 0.25) is 10.0 Å². The molecule has 3 rings (SSSR count). The molecule has 0 atom stereocenters. The number of nitrogens with zero attached hydrogens (tertiary/aromatic N) is 1. The molecule has 1 heterocycles. The fourth-order valence-corrected chi connectivity index (χ4v) is 4.66. The maximum Gasteiger partial charge on any atom is 0.343 e. The molecule has 0 radical (unpaired) electrons. The topological polar surface area (TPSA) is 80.8 Å². The number of ketones is 1. The first-order chi connectivity index (χ1) is 13.4. The summed E-state index contributed by atoms with van der Waals surface area (Å²) in [4.78, 5) is 23.9. The van der Waals surface area contributed by atoms with Crippen LogP contribution >= 0.6 is 0 Å². The molecule has 0 bridgehead atoms. The van der Waals surface area contributed by atoms with E-state index < -0.39 is 16.0 Å². The van der Waals surface area contributed by atoms with Gasteiger partial charge in [-0.25, -0.2) is 13.2 Å². The molecule has 1 fully saturated rings. The molecule has 0 unspecified atom stereocenters. The number of Topliss-reactive ketones (excluding diaryl/α,β-unsaturated/α-hetero) is 1. The highest BCUT2D eigenvalue weighted by atomic mass is 32.2. The van der Waals surface area contributed by atoms with Gasteiger partial charge in [0, 0.05) is 18.7 Å². The molecular formula is C21H23NO5S. The standard InChI is InChI=1S/C21H23NO5S/c1-16(23)18-7-6-8-19(15-18)27-21(24)17-9-11-20(12-10-17)28(25,26)22-13-4-2-3-5-14-22/h6-12,15H,2-5,13-14H2,1H3. The zero-order chi connectivity index (χ0) is 20.1. The molecule has 6 nitrogen and oxygen atoms in total. The summed E-state index contributed by atoms with van der Waals surface area (Å²) in [5, 5.41) is 0. The predicted molar refractivity (Wildman–Crippen MR) is 105 cm³/mol. The average molecular weight is 401 g/mol. The molecule has 28 heavy (non-hydrogen) atoms. The number of esters is 1. The Morgan fingerprint density at radius 2 is 1.54 bits per heavy atom. The van der Waals surface area contributed by atoms with Crippen molar-refractivity contribution in [2.75, 3.05) is 13.1 Å². The second-order valence-electron chi connectivity index (χ2n) is 6.82. The van der Waals surface area contributed by atoms with Gasteiger partial charge in [0.25, 0.3) is 0 Å². The lowest BCUT2D eigenvalue weighted by Gasteiger charge is -2.20. The van der Waals surface area contributed by atoms with Crippen molar-refractivity contribution in [1.29, 1.82) is 0 Å². The zero-order valence-corrected chi connectivity index (χ0v) is 16.6. The SMILES string of the molecule is CC(=O)c1cccc(OC(=O)c2ccc(S(=O)(=O)N3CCCCCC3)cc2)c1. The Kier molecular flexibility index (Phi) is 6.26. The van der Waals surface area contributed by atoms with Gasteiger partial charge in [-0.2, -0.15) is 4.31 Å². The van der Waals surface area contributed by atoms with E-state index in [1.807, 2.05) is 0 Å². The van der Waals surface area contributed by atoms with Crippen molar-refractivity contribution in [3.05, 3.63) is 59.7 Å². The van der Waals surface area contributed by atoms with E-state index in [4.69, 9.17) is 4.74 Å². The van der Waals surface area contributed by atoms with Crippen LogP contribution in [0.1, 0.15) is 53.3 Å². The van der Waals surface area contributed by atoms with Crippen molar-refractivity contribution in [2.45, 2.75) is 37.5 Å². The normalized spacial score (nSPS) is 15.6. The van der Waals surface area contributed by atoms with Gasteiger partial charge < -0.3 is 4.74 Å². The number of carbonyl (C=O) groups is 2. The first-order valence-electron chi connectivity index (χ1n) is 9.31. The Morgan fingerprint density at radius 1 is 0.893 bits per heavy atom. The summed E-state index contributed by atoms with van der Waals surface area (Å²) in [6.45, 7) is 2.49. The Labute approximate surface area is 165 Å². The Bertz CT molecular complexity index is 959. The molecule has 1 saturated heterocycles. The van der Waals surface area contributed by atoms with Crippen LogP contribution in [0, 0.1) is 0 Å². The minimum atomic E-state index is -3.56. The molecule has 0 aromatic heterocycles. The summed E-state index contributed by atoms with van der Waals surface area (Å²) in [7, 11) is -3.56. The lowest BCUT2D eigenvalue weighted by atomic mass is 10.1. The van der Waals surface area contributed by atoms with Gasteiger partial charge in [-0.3, -0.25) is 4.79 Å². The third kappa shape index (κ3) is 4.66. The van der Waals surface area contributed by atoms with Gasteiger partial charge in [-0.05, 0) is 56.2 Å². The Morgan fingerprint density at radius 3 is 2.14 bits per heavy atom. The number of ether oxygens (including phenoxy) is 1. The monoisotopic (exact) mass is 401 g/mol. The molecule has 0 saturated carbocycles. The second-order valence-corrected chi connectivity index (χ2v) is 8.75. The number of sulfonamides is 1. The van der Waals surface area contributed by atoms with E-state index in [0.717, 1.165) is 25.7 Å². The van der Waals surface area contributed by atoms with Crippen LogP contribution in [-0.4, -0.2) is 37.6 Å². The fourth-order valence-electron chi connectivity index (χ4n) is 3.14. The maximum absolute atomic E-state index is 12.8. The molecule has 2 aromatic rings. The minimum absolute atomic E-state index is 0.124. The molecule has 7 heteroatoms. The summed E-state index contributed by atoms with van der Waals surface area (Å²) in [5.74, 6) is -0.473. The van der Waals surface area contributed by atoms with Gasteiger partial charge in [0.05, 0.1) is 10.5 Å². The Hall–Kier alpha value is -2.51. The van der Waals surface area contributed by atoms with Gasteiger partial charge in [0.15, 0.2) is 5.78 Å². The van der Waals surface area contributed by atoms with Crippen molar-refractivity contribution in [2.24, 2.45) is 0 Å². The maximum atomic E-state index is 12.8. The largest absolute Gasteiger partial charge is 0.423 e. The molecule has 0 aliphatic carbocycles. The number of rotatable bonds is 5. The van der Waals surface area contributed by atoms with Crippen LogP contribution in [0.4, 0.5) is 0 Å². The van der Waals surface area contributed by atoms with Crippen LogP contribution in [0.2, 0.25) is 0 Å². The smallest absolute Gasteiger partial charge is 0.343 e. The van der Waals surface area contributed by atoms with Gasteiger partial charge in [0.1, 0.15) is 5.75 Å². The third-order valence-electron chi connectivity index (χ3n) is 4.74. The van der Waals surface area contributed by atoms with E-state index in [2.05, 4.69) is 0 Å². The van der Waals surface area contributed by atoms with E-state index in [0.29, 0.717) is 18.7 Å². The molecule has 2 aromatic carbocycles. The van der Waals surface area contributed by atoms with Gasteiger partial charge in [-0.1, -0.05) is 25.0 Å². The molecule has 0 N–H and O–H groups in total. The summed E-state index contributed by atoms with van der Waals surface area (Å²) >= 11 is 0. The summed E-state index contributed by atoms with van der Waals surface area (Å²) < 4.78 is 32.4. The van der Waals surface area contributed by atoms with Gasteiger partial charge >= 0.3 is 5.97 Å². The van der Waals surface area contributed by atoms with E-state index in [9.17, 15) is 18.0 Å². The quantitative estimate of drug-likeness (QED) is 0.434.